The second-order valence-corrected chi connectivity index (χ2v) is 11.0. The lowest BCUT2D eigenvalue weighted by atomic mass is 9.87. The lowest BCUT2D eigenvalue weighted by molar-refractivity contribution is -0.134. The third-order valence-electron chi connectivity index (χ3n) is 8.06. The van der Waals surface area contributed by atoms with Crippen molar-refractivity contribution in [1.82, 2.24) is 19.8 Å². The minimum atomic E-state index is -1.43. The topological polar surface area (TPSA) is 118 Å². The first kappa shape index (κ1) is 29.0. The van der Waals surface area contributed by atoms with Crippen LogP contribution in [0.1, 0.15) is 48.3 Å². The van der Waals surface area contributed by atoms with E-state index in [4.69, 9.17) is 10.00 Å². The molecule has 0 saturated carbocycles. The number of aromatic nitrogens is 2. The van der Waals surface area contributed by atoms with Gasteiger partial charge in [-0.25, -0.2) is 14.4 Å². The summed E-state index contributed by atoms with van der Waals surface area (Å²) in [4.78, 5) is 24.7. The Kier molecular flexibility index (Phi) is 8.94. The molecule has 3 heterocycles. The lowest BCUT2D eigenvalue weighted by Crippen LogP contribution is -2.49. The number of carbonyl (C=O) groups excluding carboxylic acids is 1. The van der Waals surface area contributed by atoms with Gasteiger partial charge in [0.25, 0.3) is 0 Å². The number of ether oxygens (including phenoxy) is 1. The molecule has 0 radical (unpaired) electrons. The van der Waals surface area contributed by atoms with Crippen LogP contribution in [0.3, 0.4) is 0 Å². The smallest absolute Gasteiger partial charge is 0.236 e. The Morgan fingerprint density at radius 3 is 2.64 bits per heavy atom. The van der Waals surface area contributed by atoms with Crippen LogP contribution in [0.25, 0.3) is 11.4 Å². The van der Waals surface area contributed by atoms with Crippen LogP contribution in [0, 0.1) is 29.6 Å². The van der Waals surface area contributed by atoms with Gasteiger partial charge in [0, 0.05) is 30.4 Å². The Hall–Kier alpha value is -4.54. The van der Waals surface area contributed by atoms with Gasteiger partial charge >= 0.3 is 0 Å². The molecule has 2 fully saturated rings. The normalized spacial score (nSPS) is 19.5. The summed E-state index contributed by atoms with van der Waals surface area (Å²) >= 11 is 0. The summed E-state index contributed by atoms with van der Waals surface area (Å²) in [5, 5.41) is 21.9. The molecule has 2 aliphatic heterocycles. The molecule has 3 aromatic rings. The number of hydrogen-bond donors (Lipinski definition) is 1. The van der Waals surface area contributed by atoms with Gasteiger partial charge in [0.15, 0.2) is 12.0 Å². The number of halogens is 1. The largest absolute Gasteiger partial charge is 0.486 e. The van der Waals surface area contributed by atoms with E-state index in [9.17, 15) is 14.4 Å². The molecule has 2 atom stereocenters. The molecule has 0 spiro atoms. The fraction of sp³-hybridized carbons (Fsp3) is 0.406. The van der Waals surface area contributed by atoms with E-state index in [1.54, 1.807) is 36.5 Å². The number of nitrogens with zero attached hydrogens (tertiary/aromatic N) is 6. The maximum absolute atomic E-state index is 14.8. The molecule has 0 bridgehead atoms. The number of nitrogens with one attached hydrogen (secondary N) is 1. The van der Waals surface area contributed by atoms with Crippen molar-refractivity contribution in [1.29, 1.82) is 10.5 Å². The Bertz CT molecular complexity index is 1520. The molecule has 42 heavy (non-hydrogen) atoms. The molecule has 0 aliphatic carbocycles. The highest BCUT2D eigenvalue weighted by Crippen LogP contribution is 2.32. The van der Waals surface area contributed by atoms with Crippen molar-refractivity contribution < 1.29 is 13.9 Å². The van der Waals surface area contributed by atoms with Crippen molar-refractivity contribution in [3.8, 4) is 29.3 Å². The summed E-state index contributed by atoms with van der Waals surface area (Å²) in [6, 6.07) is 17.2. The van der Waals surface area contributed by atoms with Gasteiger partial charge in [-0.2, -0.15) is 10.5 Å². The molecule has 10 heteroatoms. The van der Waals surface area contributed by atoms with E-state index in [0.29, 0.717) is 29.7 Å². The molecule has 2 saturated heterocycles. The molecule has 2 aromatic carbocycles. The average Bonchev–Trinajstić information content (AvgIpc) is 2.99. The van der Waals surface area contributed by atoms with Crippen molar-refractivity contribution in [2.24, 2.45) is 0 Å². The number of rotatable bonds is 7. The molecular weight excluding hydrogens is 533 g/mol. The van der Waals surface area contributed by atoms with Crippen molar-refractivity contribution in [2.75, 3.05) is 38.5 Å². The predicted octanol–water partition coefficient (Wildman–Crippen LogP) is 5.11. The number of benzene rings is 2. The maximum Gasteiger partial charge on any atom is 0.236 e. The number of anilines is 2. The van der Waals surface area contributed by atoms with Crippen molar-refractivity contribution in [3.63, 3.8) is 0 Å². The van der Waals surface area contributed by atoms with Gasteiger partial charge in [0.05, 0.1) is 18.2 Å². The van der Waals surface area contributed by atoms with E-state index < -0.39 is 18.2 Å². The Morgan fingerprint density at radius 2 is 1.93 bits per heavy atom. The molecule has 9 nitrogen and oxygen atoms in total. The van der Waals surface area contributed by atoms with Gasteiger partial charge in [-0.05, 0) is 93.3 Å². The zero-order valence-electron chi connectivity index (χ0n) is 23.9. The second-order valence-electron chi connectivity index (χ2n) is 11.0. The fourth-order valence-electron chi connectivity index (χ4n) is 5.69. The van der Waals surface area contributed by atoms with E-state index in [1.807, 2.05) is 0 Å². The summed E-state index contributed by atoms with van der Waals surface area (Å²) < 4.78 is 20.7. The monoisotopic (exact) mass is 567 g/mol. The molecule has 5 rings (SSSR count). The summed E-state index contributed by atoms with van der Waals surface area (Å²) in [5.41, 5.74) is 4.47. The number of hydrogen-bond acceptors (Lipinski definition) is 8. The minimum absolute atomic E-state index is 0.140. The van der Waals surface area contributed by atoms with Crippen molar-refractivity contribution in [3.05, 3.63) is 65.4 Å². The Balaban J connectivity index is 1.26. The average molecular weight is 568 g/mol. The van der Waals surface area contributed by atoms with Gasteiger partial charge in [-0.15, -0.1) is 0 Å². The van der Waals surface area contributed by atoms with E-state index in [0.717, 1.165) is 18.8 Å². The van der Waals surface area contributed by atoms with E-state index in [1.165, 1.54) is 28.9 Å². The quantitative estimate of drug-likeness (QED) is 0.419. The van der Waals surface area contributed by atoms with Crippen LogP contribution in [0.4, 0.5) is 15.9 Å². The highest BCUT2D eigenvalue weighted by Gasteiger charge is 2.33. The van der Waals surface area contributed by atoms with Crippen molar-refractivity contribution in [2.45, 2.75) is 50.8 Å². The molecule has 1 amide bonds. The minimum Gasteiger partial charge on any atom is -0.486 e. The summed E-state index contributed by atoms with van der Waals surface area (Å²) in [6.45, 7) is 4.55. The van der Waals surface area contributed by atoms with E-state index >= 15 is 0 Å². The second kappa shape index (κ2) is 13.0. The first-order valence-corrected chi connectivity index (χ1v) is 14.2. The highest BCUT2D eigenvalue weighted by atomic mass is 19.1. The Labute approximate surface area is 245 Å². The van der Waals surface area contributed by atoms with Crippen LogP contribution in [0.15, 0.2) is 48.7 Å². The van der Waals surface area contributed by atoms with Crippen LogP contribution in [0.5, 0.6) is 5.75 Å². The lowest BCUT2D eigenvalue weighted by Gasteiger charge is -2.34. The Morgan fingerprint density at radius 1 is 1.12 bits per heavy atom. The van der Waals surface area contributed by atoms with E-state index in [2.05, 4.69) is 58.4 Å². The number of alkyl halides is 1. The first-order valence-electron chi connectivity index (χ1n) is 14.2. The summed E-state index contributed by atoms with van der Waals surface area (Å²) in [5.74, 6) is 1.53. The molecule has 216 valence electrons. The van der Waals surface area contributed by atoms with Crippen molar-refractivity contribution >= 4 is 17.4 Å². The van der Waals surface area contributed by atoms with Crippen LogP contribution in [-0.4, -0.2) is 71.2 Å². The molecule has 0 unspecified atom stereocenters. The highest BCUT2D eigenvalue weighted by molar-refractivity contribution is 5.78. The zero-order valence-corrected chi connectivity index (χ0v) is 23.9. The zero-order chi connectivity index (χ0) is 29.6. The van der Waals surface area contributed by atoms with E-state index in [-0.39, 0.29) is 30.7 Å². The van der Waals surface area contributed by atoms with Gasteiger partial charge in [-0.3, -0.25) is 4.79 Å². The molecular formula is C32H34FN7O2. The van der Waals surface area contributed by atoms with Crippen LogP contribution >= 0.6 is 0 Å². The predicted molar refractivity (Wildman–Crippen MR) is 157 cm³/mol. The maximum atomic E-state index is 14.8. The van der Waals surface area contributed by atoms with Gasteiger partial charge in [-0.1, -0.05) is 6.07 Å². The molecule has 1 aromatic heterocycles. The molecule has 2 aliphatic rings. The number of aryl methyl sites for hydroxylation is 1. The number of carbonyl (C=O) groups is 1. The van der Waals surface area contributed by atoms with Gasteiger partial charge < -0.3 is 19.9 Å². The number of likely N-dealkylation sites (tertiary alicyclic amines) is 2. The third kappa shape index (κ3) is 6.67. The van der Waals surface area contributed by atoms with Gasteiger partial charge in [0.2, 0.25) is 5.91 Å². The number of nitriles is 2. The summed E-state index contributed by atoms with van der Waals surface area (Å²) in [7, 11) is 2.17. The SMILES string of the molecule is Cc1cc(Nc2ccnc(-c3ccc(O[C@H]4CCN(C(=O)CC#N)C[C@H]4F)c(C#N)c3)n2)ccc1C1CCN(C)CC1. The first-order chi connectivity index (χ1) is 20.3. The van der Waals surface area contributed by atoms with Crippen LogP contribution in [-0.2, 0) is 4.79 Å². The van der Waals surface area contributed by atoms with Crippen LogP contribution in [0.2, 0.25) is 0 Å². The fourth-order valence-corrected chi connectivity index (χ4v) is 5.69. The number of amides is 1. The summed E-state index contributed by atoms with van der Waals surface area (Å²) in [6.07, 6.45) is 1.77. The standard InChI is InChI=1S/C32H34FN7O2/c1-21-17-25(4-5-26(21)22-9-14-39(2)15-10-22)37-30-8-13-36-32(38-30)23-3-6-28(24(18-23)19-35)42-29-11-16-40(20-27(29)33)31(41)7-12-34/h3-6,8,13,17-18,22,27,29H,7,9-11,14-16,20H2,1-2H3,(H,36,37,38)/t27-,29+/m1/s1. The van der Waals surface area contributed by atoms with Gasteiger partial charge in [0.1, 0.15) is 30.2 Å². The molecule has 1 N–H and O–H groups in total. The third-order valence-corrected chi connectivity index (χ3v) is 8.06. The number of piperidine rings is 2. The van der Waals surface area contributed by atoms with Crippen LogP contribution < -0.4 is 10.1 Å².